The van der Waals surface area contributed by atoms with Gasteiger partial charge in [-0.15, -0.1) is 0 Å². The second-order valence-corrected chi connectivity index (χ2v) is 7.59. The van der Waals surface area contributed by atoms with Gasteiger partial charge >= 0.3 is 0 Å². The van der Waals surface area contributed by atoms with Gasteiger partial charge in [-0.2, -0.15) is 0 Å². The molecule has 0 aliphatic carbocycles. The molecule has 0 radical (unpaired) electrons. The first-order valence-corrected chi connectivity index (χ1v) is 9.77. The van der Waals surface area contributed by atoms with Gasteiger partial charge in [0, 0.05) is 38.4 Å². The van der Waals surface area contributed by atoms with Crippen molar-refractivity contribution < 1.29 is 14.3 Å². The number of carbonyl (C=O) groups is 1. The molecule has 1 N–H and O–H groups in total. The van der Waals surface area contributed by atoms with E-state index in [1.54, 1.807) is 0 Å². The molecule has 6 nitrogen and oxygen atoms in total. The number of fused-ring (bicyclic) bond motifs is 1. The maximum atomic E-state index is 12.4. The molecule has 148 valence electrons. The van der Waals surface area contributed by atoms with Crippen molar-refractivity contribution in [2.45, 2.75) is 20.4 Å². The molecule has 28 heavy (non-hydrogen) atoms. The zero-order chi connectivity index (χ0) is 19.5. The molecule has 2 aliphatic heterocycles. The minimum absolute atomic E-state index is 0.0486. The van der Waals surface area contributed by atoms with Crippen LogP contribution in [0.15, 0.2) is 36.4 Å². The van der Waals surface area contributed by atoms with E-state index in [1.165, 1.54) is 16.7 Å². The molecule has 0 spiro atoms. The zero-order valence-electron chi connectivity index (χ0n) is 16.5. The Morgan fingerprint density at radius 3 is 2.46 bits per heavy atom. The smallest absolute Gasteiger partial charge is 0.238 e. The molecule has 0 bridgehead atoms. The van der Waals surface area contributed by atoms with Crippen molar-refractivity contribution in [3.63, 3.8) is 0 Å². The first kappa shape index (κ1) is 18.8. The summed E-state index contributed by atoms with van der Waals surface area (Å²) in [5.74, 6) is 1.70. The highest BCUT2D eigenvalue weighted by Crippen LogP contribution is 2.32. The third-order valence-corrected chi connectivity index (χ3v) is 5.47. The molecular weight excluding hydrogens is 354 g/mol. The Kier molecular flexibility index (Phi) is 5.50. The van der Waals surface area contributed by atoms with Crippen LogP contribution in [-0.4, -0.2) is 55.2 Å². The highest BCUT2D eigenvalue weighted by atomic mass is 16.7. The lowest BCUT2D eigenvalue weighted by Crippen LogP contribution is -2.48. The van der Waals surface area contributed by atoms with Gasteiger partial charge < -0.3 is 14.8 Å². The fraction of sp³-hybridized carbons (Fsp3) is 0.409. The number of hydrogen-bond donors (Lipinski definition) is 1. The average molecular weight is 381 g/mol. The number of rotatable bonds is 5. The number of anilines is 1. The number of piperazine rings is 1. The van der Waals surface area contributed by atoms with Crippen LogP contribution in [0.3, 0.4) is 0 Å². The van der Waals surface area contributed by atoms with Gasteiger partial charge in [-0.1, -0.05) is 12.1 Å². The summed E-state index contributed by atoms with van der Waals surface area (Å²) in [7, 11) is 0. The van der Waals surface area contributed by atoms with E-state index >= 15 is 0 Å². The number of nitrogens with one attached hydrogen (secondary N) is 1. The van der Waals surface area contributed by atoms with Gasteiger partial charge in [-0.3, -0.25) is 14.6 Å². The van der Waals surface area contributed by atoms with Crippen molar-refractivity contribution in [3.05, 3.63) is 53.1 Å². The van der Waals surface area contributed by atoms with E-state index in [1.807, 2.05) is 24.3 Å². The summed E-state index contributed by atoms with van der Waals surface area (Å²) in [6.07, 6.45) is 0. The highest BCUT2D eigenvalue weighted by Gasteiger charge is 2.20. The number of amides is 1. The molecule has 0 saturated carbocycles. The molecule has 1 amide bonds. The lowest BCUT2D eigenvalue weighted by molar-refractivity contribution is -0.117. The summed E-state index contributed by atoms with van der Waals surface area (Å²) in [6, 6.07) is 12.2. The van der Waals surface area contributed by atoms with E-state index in [4.69, 9.17) is 9.47 Å². The van der Waals surface area contributed by atoms with Gasteiger partial charge in [-0.25, -0.2) is 0 Å². The fourth-order valence-corrected chi connectivity index (χ4v) is 3.63. The first-order chi connectivity index (χ1) is 13.6. The monoisotopic (exact) mass is 381 g/mol. The molecule has 2 aliphatic rings. The van der Waals surface area contributed by atoms with Crippen LogP contribution >= 0.6 is 0 Å². The van der Waals surface area contributed by atoms with Crippen LogP contribution in [0.25, 0.3) is 0 Å². The largest absolute Gasteiger partial charge is 0.454 e. The van der Waals surface area contributed by atoms with Crippen molar-refractivity contribution in [2.24, 2.45) is 0 Å². The normalized spacial score (nSPS) is 16.9. The SMILES string of the molecule is Cc1ccc(NC(=O)CN2CCN(Cc3ccc4c(c3)OCO4)CC2)cc1C. The molecule has 1 fully saturated rings. The highest BCUT2D eigenvalue weighted by molar-refractivity contribution is 5.92. The molecule has 1 saturated heterocycles. The molecule has 0 unspecified atom stereocenters. The summed E-state index contributed by atoms with van der Waals surface area (Å²) in [5, 5.41) is 3.01. The van der Waals surface area contributed by atoms with E-state index in [0.717, 1.165) is 49.9 Å². The van der Waals surface area contributed by atoms with Crippen molar-refractivity contribution in [3.8, 4) is 11.5 Å². The Morgan fingerprint density at radius 1 is 0.929 bits per heavy atom. The predicted octanol–water partition coefficient (Wildman–Crippen LogP) is 2.79. The van der Waals surface area contributed by atoms with Crippen LogP contribution in [0.4, 0.5) is 5.69 Å². The Bertz CT molecular complexity index is 860. The Labute approximate surface area is 166 Å². The maximum absolute atomic E-state index is 12.4. The van der Waals surface area contributed by atoms with Gasteiger partial charge in [-0.05, 0) is 54.8 Å². The molecular formula is C22H27N3O3. The van der Waals surface area contributed by atoms with E-state index in [-0.39, 0.29) is 5.91 Å². The maximum Gasteiger partial charge on any atom is 0.238 e. The molecule has 0 atom stereocenters. The number of benzene rings is 2. The van der Waals surface area contributed by atoms with Gasteiger partial charge in [0.1, 0.15) is 0 Å². The van der Waals surface area contributed by atoms with Gasteiger partial charge in [0.05, 0.1) is 6.54 Å². The van der Waals surface area contributed by atoms with Gasteiger partial charge in [0.25, 0.3) is 0 Å². The van der Waals surface area contributed by atoms with E-state index in [2.05, 4.69) is 41.1 Å². The Hall–Kier alpha value is -2.57. The van der Waals surface area contributed by atoms with Crippen molar-refractivity contribution >= 4 is 11.6 Å². The van der Waals surface area contributed by atoms with Crippen molar-refractivity contribution in [2.75, 3.05) is 44.8 Å². The molecule has 2 aromatic carbocycles. The summed E-state index contributed by atoms with van der Waals surface area (Å²) in [5.41, 5.74) is 4.52. The van der Waals surface area contributed by atoms with Crippen LogP contribution in [0.1, 0.15) is 16.7 Å². The van der Waals surface area contributed by atoms with Crippen LogP contribution < -0.4 is 14.8 Å². The topological polar surface area (TPSA) is 54.0 Å². The standard InChI is InChI=1S/C22H27N3O3/c1-16-3-5-19(11-17(16)2)23-22(26)14-25-9-7-24(8-10-25)13-18-4-6-20-21(12-18)28-15-27-20/h3-6,11-12H,7-10,13-15H2,1-2H3,(H,23,26). The van der Waals surface area contributed by atoms with E-state index in [9.17, 15) is 4.79 Å². The number of ether oxygens (including phenoxy) is 2. The Balaban J connectivity index is 1.23. The summed E-state index contributed by atoms with van der Waals surface area (Å²) in [4.78, 5) is 17.0. The van der Waals surface area contributed by atoms with E-state index in [0.29, 0.717) is 13.3 Å². The van der Waals surface area contributed by atoms with Crippen LogP contribution in [0.5, 0.6) is 11.5 Å². The average Bonchev–Trinajstić information content (AvgIpc) is 3.14. The molecule has 2 heterocycles. The summed E-state index contributed by atoms with van der Waals surface area (Å²) < 4.78 is 10.8. The second kappa shape index (κ2) is 8.20. The van der Waals surface area contributed by atoms with Gasteiger partial charge in [0.15, 0.2) is 11.5 Å². The number of hydrogen-bond acceptors (Lipinski definition) is 5. The number of nitrogens with zero attached hydrogens (tertiary/aromatic N) is 2. The van der Waals surface area contributed by atoms with Crippen LogP contribution in [-0.2, 0) is 11.3 Å². The van der Waals surface area contributed by atoms with Gasteiger partial charge in [0.2, 0.25) is 12.7 Å². The minimum atomic E-state index is 0.0486. The lowest BCUT2D eigenvalue weighted by Gasteiger charge is -2.34. The summed E-state index contributed by atoms with van der Waals surface area (Å²) >= 11 is 0. The van der Waals surface area contributed by atoms with Crippen molar-refractivity contribution in [1.29, 1.82) is 0 Å². The van der Waals surface area contributed by atoms with Crippen LogP contribution in [0.2, 0.25) is 0 Å². The number of aryl methyl sites for hydroxylation is 2. The third-order valence-electron chi connectivity index (χ3n) is 5.47. The third kappa shape index (κ3) is 4.46. The Morgan fingerprint density at radius 2 is 1.68 bits per heavy atom. The fourth-order valence-electron chi connectivity index (χ4n) is 3.63. The molecule has 0 aromatic heterocycles. The molecule has 2 aromatic rings. The predicted molar refractivity (Wildman–Crippen MR) is 109 cm³/mol. The summed E-state index contributed by atoms with van der Waals surface area (Å²) in [6.45, 7) is 9.45. The molecule has 4 rings (SSSR count). The zero-order valence-corrected chi connectivity index (χ0v) is 16.5. The first-order valence-electron chi connectivity index (χ1n) is 9.77. The lowest BCUT2D eigenvalue weighted by atomic mass is 10.1. The number of carbonyl (C=O) groups excluding carboxylic acids is 1. The minimum Gasteiger partial charge on any atom is -0.454 e. The van der Waals surface area contributed by atoms with E-state index < -0.39 is 0 Å². The molecule has 6 heteroatoms. The van der Waals surface area contributed by atoms with Crippen LogP contribution in [0, 0.1) is 13.8 Å². The second-order valence-electron chi connectivity index (χ2n) is 7.59. The van der Waals surface area contributed by atoms with Crippen molar-refractivity contribution in [1.82, 2.24) is 9.80 Å². The quantitative estimate of drug-likeness (QED) is 0.863.